The van der Waals surface area contributed by atoms with E-state index in [-0.39, 0.29) is 30.8 Å². The van der Waals surface area contributed by atoms with E-state index in [0.717, 1.165) is 16.7 Å². The summed E-state index contributed by atoms with van der Waals surface area (Å²) in [6.45, 7) is 26.5. The molecule has 1 aliphatic heterocycles. The molecule has 0 saturated carbocycles. The van der Waals surface area contributed by atoms with Gasteiger partial charge in [-0.1, -0.05) is 123 Å². The van der Waals surface area contributed by atoms with Crippen LogP contribution in [0.2, 0.25) is 34.8 Å². The Balaban J connectivity index is 1.54. The minimum absolute atomic E-state index is 0.0481. The molecule has 4 aromatic rings. The first-order valence-corrected chi connectivity index (χ1v) is 28.2. The molecular weight excluding hydrogens is 893 g/mol. The van der Waals surface area contributed by atoms with Crippen molar-refractivity contribution in [2.75, 3.05) is 20.8 Å². The number of carbonyl (C=O) groups excluding carboxylic acids is 1. The fourth-order valence-corrected chi connectivity index (χ4v) is 15.7. The Morgan fingerprint density at radius 2 is 1.32 bits per heavy atom. The Bertz CT molecular complexity index is 2080. The first kappa shape index (κ1) is 50.5. The average Bonchev–Trinajstić information content (AvgIpc) is 3.57. The molecule has 0 saturated heterocycles. The molecule has 0 spiro atoms. The van der Waals surface area contributed by atoms with Crippen LogP contribution in [0.5, 0.6) is 17.2 Å². The maximum atomic E-state index is 14.8. The highest BCUT2D eigenvalue weighted by molar-refractivity contribution is 9.10. The minimum Gasteiger partial charge on any atom is -0.489 e. The predicted octanol–water partition coefficient (Wildman–Crippen LogP) is 13.7. The van der Waals surface area contributed by atoms with Crippen molar-refractivity contribution in [2.24, 2.45) is 0 Å². The second-order valence-corrected chi connectivity index (χ2v) is 30.1. The minimum atomic E-state index is -2.42. The molecule has 0 amide bonds. The van der Waals surface area contributed by atoms with Crippen molar-refractivity contribution < 1.29 is 42.1 Å². The van der Waals surface area contributed by atoms with Crippen molar-refractivity contribution >= 4 is 38.5 Å². The first-order valence-electron chi connectivity index (χ1n) is 22.3. The Morgan fingerprint density at radius 3 is 1.86 bits per heavy atom. The zero-order valence-electron chi connectivity index (χ0n) is 39.9. The van der Waals surface area contributed by atoms with Gasteiger partial charge in [0.25, 0.3) is 0 Å². The largest absolute Gasteiger partial charge is 0.489 e. The Hall–Kier alpha value is -3.50. The second-order valence-electron chi connectivity index (χ2n) is 19.1. The van der Waals surface area contributed by atoms with Crippen LogP contribution in [0.1, 0.15) is 118 Å². The van der Waals surface area contributed by atoms with Crippen LogP contribution in [0, 0.1) is 0 Å². The van der Waals surface area contributed by atoms with Crippen LogP contribution in [0.15, 0.2) is 83.3 Å². The van der Waals surface area contributed by atoms with Gasteiger partial charge in [-0.05, 0) is 91.5 Å². The molecule has 0 aromatic heterocycles. The normalized spacial score (nSPS) is 15.5. The predicted molar refractivity (Wildman–Crippen MR) is 260 cm³/mol. The Labute approximate surface area is 387 Å². The fourth-order valence-electron chi connectivity index (χ4n) is 8.72. The molecular formula is C51H71BrO9Si2. The molecule has 2 unspecified atom stereocenters. The number of methoxy groups -OCH3 is 2. The Kier molecular flexibility index (Phi) is 17.7. The number of benzene rings is 4. The molecule has 1 aliphatic rings. The summed E-state index contributed by atoms with van der Waals surface area (Å²) in [6.07, 6.45) is 0.0785. The van der Waals surface area contributed by atoms with Crippen LogP contribution in [-0.2, 0) is 56.1 Å². The van der Waals surface area contributed by atoms with Gasteiger partial charge < -0.3 is 37.3 Å². The molecule has 4 aromatic carbocycles. The van der Waals surface area contributed by atoms with Crippen LogP contribution < -0.4 is 14.2 Å². The zero-order chi connectivity index (χ0) is 46.1. The average molecular weight is 964 g/mol. The van der Waals surface area contributed by atoms with Gasteiger partial charge in [-0.25, -0.2) is 4.79 Å². The molecule has 0 radical (unpaired) electrons. The van der Waals surface area contributed by atoms with E-state index in [1.54, 1.807) is 14.2 Å². The molecule has 0 fully saturated rings. The number of esters is 1. The molecule has 1 heterocycles. The highest BCUT2D eigenvalue weighted by Crippen LogP contribution is 2.51. The number of rotatable bonds is 22. The first-order chi connectivity index (χ1) is 29.8. The van der Waals surface area contributed by atoms with Gasteiger partial charge >= 0.3 is 5.97 Å². The van der Waals surface area contributed by atoms with E-state index in [1.165, 1.54) is 0 Å². The third-order valence-corrected chi connectivity index (χ3v) is 24.4. The molecule has 2 atom stereocenters. The second kappa shape index (κ2) is 22.1. The SMILES string of the molecule is COCc1cc2c(c(COC)c1C(=O)OCc1cc(OCc3ccccc3)cc(OCc3ccccc3)c1Br)C(CCO[Si](C)(C)C(C)(C)C)C(O[Si](C(C)C)(C(C)C)C(C)C)O2. The van der Waals surface area contributed by atoms with Gasteiger partial charge in [0.2, 0.25) is 8.32 Å². The lowest BCUT2D eigenvalue weighted by Crippen LogP contribution is -2.51. The lowest BCUT2D eigenvalue weighted by molar-refractivity contribution is -0.0146. The van der Waals surface area contributed by atoms with Crippen LogP contribution in [0.4, 0.5) is 0 Å². The van der Waals surface area contributed by atoms with E-state index in [9.17, 15) is 4.79 Å². The van der Waals surface area contributed by atoms with Crippen LogP contribution in [0.3, 0.4) is 0 Å². The molecule has 9 nitrogen and oxygen atoms in total. The van der Waals surface area contributed by atoms with E-state index >= 15 is 0 Å². The zero-order valence-corrected chi connectivity index (χ0v) is 43.5. The Morgan fingerprint density at radius 1 is 0.746 bits per heavy atom. The van der Waals surface area contributed by atoms with Crippen molar-refractivity contribution in [1.29, 1.82) is 0 Å². The van der Waals surface area contributed by atoms with Crippen molar-refractivity contribution in [3.63, 3.8) is 0 Å². The molecule has 344 valence electrons. The number of halogens is 1. The van der Waals surface area contributed by atoms with Gasteiger partial charge in [-0.2, -0.15) is 0 Å². The van der Waals surface area contributed by atoms with Gasteiger partial charge in [0.05, 0.1) is 29.2 Å². The summed E-state index contributed by atoms with van der Waals surface area (Å²) < 4.78 is 52.4. The summed E-state index contributed by atoms with van der Waals surface area (Å²) in [5, 5.41) is 0.0481. The smallest absolute Gasteiger partial charge is 0.339 e. The van der Waals surface area contributed by atoms with Crippen LogP contribution >= 0.6 is 15.9 Å². The topological polar surface area (TPSA) is 90.9 Å². The van der Waals surface area contributed by atoms with Gasteiger partial charge in [0, 0.05) is 38.0 Å². The fraction of sp³-hybridized carbons (Fsp3) is 0.510. The molecule has 0 N–H and O–H groups in total. The third kappa shape index (κ3) is 12.0. The maximum Gasteiger partial charge on any atom is 0.339 e. The number of hydrogen-bond acceptors (Lipinski definition) is 9. The molecule has 12 heteroatoms. The van der Waals surface area contributed by atoms with E-state index in [1.807, 2.05) is 78.9 Å². The quantitative estimate of drug-likeness (QED) is 0.0564. The number of carbonyl (C=O) groups is 1. The highest BCUT2D eigenvalue weighted by atomic mass is 79.9. The third-order valence-electron chi connectivity index (χ3n) is 12.9. The van der Waals surface area contributed by atoms with E-state index < -0.39 is 28.9 Å². The summed E-state index contributed by atoms with van der Waals surface area (Å²) in [5.41, 5.74) is 6.44. The summed E-state index contributed by atoms with van der Waals surface area (Å²) in [4.78, 5) is 14.8. The molecule has 5 rings (SSSR count). The van der Waals surface area contributed by atoms with E-state index in [0.29, 0.717) is 86.8 Å². The molecule has 0 bridgehead atoms. The lowest BCUT2D eigenvalue weighted by Gasteiger charge is -2.44. The van der Waals surface area contributed by atoms with Gasteiger partial charge in [0.15, 0.2) is 14.6 Å². The van der Waals surface area contributed by atoms with Gasteiger partial charge in [-0.3, -0.25) is 0 Å². The summed E-state index contributed by atoms with van der Waals surface area (Å²) in [5.74, 6) is 1.12. The number of hydrogen-bond donors (Lipinski definition) is 0. The van der Waals surface area contributed by atoms with E-state index in [2.05, 4.69) is 91.3 Å². The standard InChI is InChI=1S/C51H71BrO9Si2/c1-34(2)63(35(3)4,36(5)6)61-50-42(24-25-59-62(12,13)51(7,8)9)47-43(33-55-11)46(39(31-54-10)27-44(47)60-50)49(53)58-32-40-26-41(56-29-37-20-16-14-17-21-37)28-45(48(40)52)57-30-38-22-18-15-19-23-38/h14-23,26-28,34-36,42,50H,24-25,29-33H2,1-13H3. The van der Waals surface area contributed by atoms with Gasteiger partial charge in [0.1, 0.15) is 37.1 Å². The summed E-state index contributed by atoms with van der Waals surface area (Å²) in [6, 6.07) is 25.6. The van der Waals surface area contributed by atoms with Crippen molar-refractivity contribution in [3.8, 4) is 17.2 Å². The van der Waals surface area contributed by atoms with E-state index in [4.69, 9.17) is 37.3 Å². The number of fused-ring (bicyclic) bond motifs is 1. The van der Waals surface area contributed by atoms with Crippen LogP contribution in [-0.4, -0.2) is 49.7 Å². The van der Waals surface area contributed by atoms with Gasteiger partial charge in [-0.15, -0.1) is 0 Å². The summed E-state index contributed by atoms with van der Waals surface area (Å²) in [7, 11) is -1.24. The number of ether oxygens (including phenoxy) is 6. The maximum absolute atomic E-state index is 14.8. The highest BCUT2D eigenvalue weighted by Gasteiger charge is 2.51. The summed E-state index contributed by atoms with van der Waals surface area (Å²) >= 11 is 3.78. The van der Waals surface area contributed by atoms with Crippen molar-refractivity contribution in [1.82, 2.24) is 0 Å². The molecule has 63 heavy (non-hydrogen) atoms. The van der Waals surface area contributed by atoms with Crippen LogP contribution in [0.25, 0.3) is 0 Å². The van der Waals surface area contributed by atoms with Crippen molar-refractivity contribution in [2.45, 2.75) is 149 Å². The van der Waals surface area contributed by atoms with Crippen molar-refractivity contribution in [3.05, 3.63) is 122 Å². The monoisotopic (exact) mass is 962 g/mol. The molecule has 0 aliphatic carbocycles. The lowest BCUT2D eigenvalue weighted by atomic mass is 9.87.